The minimum Gasteiger partial charge on any atom is -0.256 e. The van der Waals surface area contributed by atoms with Crippen molar-refractivity contribution in [2.75, 3.05) is 0 Å². The molecule has 0 aliphatic heterocycles. The Balaban J connectivity index is 0.724. The molecule has 17 aromatic rings. The second kappa shape index (κ2) is 18.2. The van der Waals surface area contributed by atoms with Crippen molar-refractivity contribution < 1.29 is 0 Å². The molecule has 13 aromatic carbocycles. The molecule has 0 spiro atoms. The van der Waals surface area contributed by atoms with Crippen LogP contribution in [0.4, 0.5) is 0 Å². The number of fused-ring (bicyclic) bond motifs is 2. The van der Waals surface area contributed by atoms with Crippen LogP contribution in [0.25, 0.3) is 176 Å². The highest BCUT2D eigenvalue weighted by Crippen LogP contribution is 2.43. The highest BCUT2D eigenvalue weighted by atomic mass is 14.9. The van der Waals surface area contributed by atoms with Crippen molar-refractivity contribution in [3.63, 3.8) is 0 Å². The molecule has 0 saturated carbocycles. The zero-order valence-corrected chi connectivity index (χ0v) is 44.1. The second-order valence-electron chi connectivity index (χ2n) is 21.4. The van der Waals surface area contributed by atoms with Gasteiger partial charge in [-0.25, -0.2) is 19.9 Å². The van der Waals surface area contributed by atoms with Crippen LogP contribution in [-0.4, -0.2) is 29.9 Å². The van der Waals surface area contributed by atoms with Crippen LogP contribution in [0.2, 0.25) is 0 Å². The molecule has 0 bridgehead atoms. The molecule has 0 amide bonds. The van der Waals surface area contributed by atoms with E-state index in [1.54, 1.807) is 0 Å². The van der Waals surface area contributed by atoms with Crippen LogP contribution in [0.1, 0.15) is 0 Å². The number of hydrogen-bond donors (Lipinski definition) is 0. The van der Waals surface area contributed by atoms with Crippen LogP contribution in [0.5, 0.6) is 0 Å². The van der Waals surface area contributed by atoms with Gasteiger partial charge in [0.25, 0.3) is 0 Å². The van der Waals surface area contributed by atoms with Gasteiger partial charge in [-0.1, -0.05) is 218 Å². The lowest BCUT2D eigenvalue weighted by molar-refractivity contribution is 1.18. The first-order valence-corrected chi connectivity index (χ1v) is 27.7. The largest absolute Gasteiger partial charge is 0.256 e. The van der Waals surface area contributed by atoms with E-state index in [1.807, 2.05) is 48.8 Å². The van der Waals surface area contributed by atoms with Crippen molar-refractivity contribution in [3.05, 3.63) is 267 Å². The number of nitrogens with zero attached hydrogens (tertiary/aromatic N) is 6. The van der Waals surface area contributed by atoms with Crippen molar-refractivity contribution in [2.45, 2.75) is 0 Å². The molecule has 0 unspecified atom stereocenters. The predicted molar refractivity (Wildman–Crippen MR) is 339 cm³/mol. The molecule has 4 aromatic heterocycles. The van der Waals surface area contributed by atoms with Crippen LogP contribution in [0.15, 0.2) is 267 Å². The maximum atomic E-state index is 5.36. The number of para-hydroxylation sites is 2. The van der Waals surface area contributed by atoms with Gasteiger partial charge in [0.2, 0.25) is 0 Å². The summed E-state index contributed by atoms with van der Waals surface area (Å²) in [6.45, 7) is 0. The molecule has 4 heterocycles. The molecule has 6 heteroatoms. The van der Waals surface area contributed by atoms with Crippen LogP contribution in [0, 0.1) is 0 Å². The molecule has 82 heavy (non-hydrogen) atoms. The van der Waals surface area contributed by atoms with E-state index in [4.69, 9.17) is 29.9 Å². The summed E-state index contributed by atoms with van der Waals surface area (Å²) in [5, 5.41) is 17.1. The van der Waals surface area contributed by atoms with Gasteiger partial charge >= 0.3 is 0 Å². The second-order valence-corrected chi connectivity index (χ2v) is 21.4. The van der Waals surface area contributed by atoms with Crippen LogP contribution < -0.4 is 0 Å². The van der Waals surface area contributed by atoms with E-state index in [0.717, 1.165) is 100 Å². The number of rotatable bonds is 8. The average Bonchev–Trinajstić information content (AvgIpc) is 2.40. The summed E-state index contributed by atoms with van der Waals surface area (Å²) in [4.78, 5) is 30.8. The van der Waals surface area contributed by atoms with Crippen LogP contribution in [-0.2, 0) is 0 Å². The number of hydrogen-bond acceptors (Lipinski definition) is 6. The molecule has 6 nitrogen and oxygen atoms in total. The van der Waals surface area contributed by atoms with Crippen molar-refractivity contribution in [2.24, 2.45) is 0 Å². The molecular weight excluding hydrogens is 997 g/mol. The van der Waals surface area contributed by atoms with Gasteiger partial charge in [-0.15, -0.1) is 0 Å². The van der Waals surface area contributed by atoms with Crippen LogP contribution >= 0.6 is 0 Å². The van der Waals surface area contributed by atoms with Crippen molar-refractivity contribution in [1.29, 1.82) is 0 Å². The Morgan fingerprint density at radius 1 is 0.207 bits per heavy atom. The fourth-order valence-electron chi connectivity index (χ4n) is 12.5. The Kier molecular flexibility index (Phi) is 10.2. The number of benzene rings is 13. The molecule has 0 aliphatic carbocycles. The summed E-state index contributed by atoms with van der Waals surface area (Å²) in [6, 6.07) is 90.8. The number of aromatic nitrogens is 6. The third kappa shape index (κ3) is 7.57. The van der Waals surface area contributed by atoms with E-state index in [-0.39, 0.29) is 0 Å². The van der Waals surface area contributed by atoms with Crippen molar-refractivity contribution in [1.82, 2.24) is 29.9 Å². The summed E-state index contributed by atoms with van der Waals surface area (Å²) < 4.78 is 0. The Labute approximate surface area is 471 Å². The van der Waals surface area contributed by atoms with Gasteiger partial charge in [0.1, 0.15) is 0 Å². The maximum Gasteiger partial charge on any atom is 0.160 e. The number of pyridine rings is 2. The molecule has 0 N–H and O–H groups in total. The van der Waals surface area contributed by atoms with Crippen LogP contribution in [0.3, 0.4) is 0 Å². The summed E-state index contributed by atoms with van der Waals surface area (Å²) in [5.41, 5.74) is 15.4. The molecule has 0 saturated heterocycles. The van der Waals surface area contributed by atoms with Gasteiger partial charge < -0.3 is 0 Å². The molecular formula is C76H44N6. The fourth-order valence-corrected chi connectivity index (χ4v) is 12.5. The minimum absolute atomic E-state index is 0.637. The highest BCUT2D eigenvalue weighted by Gasteiger charge is 2.19. The molecule has 0 aliphatic rings. The van der Waals surface area contributed by atoms with E-state index >= 15 is 0 Å². The van der Waals surface area contributed by atoms with Gasteiger partial charge in [-0.2, -0.15) is 0 Å². The lowest BCUT2D eigenvalue weighted by Gasteiger charge is -2.15. The molecule has 378 valence electrons. The van der Waals surface area contributed by atoms with E-state index in [0.29, 0.717) is 11.6 Å². The van der Waals surface area contributed by atoms with Gasteiger partial charge in [0, 0.05) is 56.5 Å². The standard InChI is InChI=1S/C76H44N6/c1-3-13-65-57(7-1)39-59(43-77-65)68-41-67(48-21-19-47(20-22-48)61-35-31-53-25-23-49-9-5-11-51-33-37-63(61)73(53)71(49)51)79-75(80-68)55-27-15-45(16-28-55)46-17-29-56(30-18-46)76-81-69(60-40-58-8-2-4-14-66(58)78-44-60)42-70(82-76)62-36-32-54-26-24-50-10-6-12-52-34-38-64(62)74(54)72(50)52/h1-44H. The predicted octanol–water partition coefficient (Wildman–Crippen LogP) is 19.5. The quantitative estimate of drug-likeness (QED) is 0.141. The van der Waals surface area contributed by atoms with E-state index in [9.17, 15) is 0 Å². The average molecular weight is 1040 g/mol. The van der Waals surface area contributed by atoms with Crippen molar-refractivity contribution in [3.8, 4) is 90.1 Å². The Bertz CT molecular complexity index is 5350. The van der Waals surface area contributed by atoms with E-state index < -0.39 is 0 Å². The summed E-state index contributed by atoms with van der Waals surface area (Å²) in [7, 11) is 0. The monoisotopic (exact) mass is 1040 g/mol. The Morgan fingerprint density at radius 2 is 0.561 bits per heavy atom. The van der Waals surface area contributed by atoms with E-state index in [2.05, 4.69) is 218 Å². The van der Waals surface area contributed by atoms with Crippen molar-refractivity contribution >= 4 is 86.4 Å². The normalized spacial score (nSPS) is 11.9. The Hall–Kier alpha value is -11.1. The van der Waals surface area contributed by atoms with Gasteiger partial charge in [0.05, 0.1) is 33.8 Å². The third-order valence-electron chi connectivity index (χ3n) is 16.7. The third-order valence-corrected chi connectivity index (χ3v) is 16.7. The first-order valence-electron chi connectivity index (χ1n) is 27.7. The fraction of sp³-hybridized carbons (Fsp3) is 0. The minimum atomic E-state index is 0.637. The topological polar surface area (TPSA) is 77.3 Å². The smallest absolute Gasteiger partial charge is 0.160 e. The van der Waals surface area contributed by atoms with Gasteiger partial charge in [0.15, 0.2) is 11.6 Å². The molecule has 0 atom stereocenters. The molecule has 17 rings (SSSR count). The summed E-state index contributed by atoms with van der Waals surface area (Å²) >= 11 is 0. The highest BCUT2D eigenvalue weighted by molar-refractivity contribution is 6.26. The lowest BCUT2D eigenvalue weighted by Crippen LogP contribution is -1.97. The molecule has 0 fully saturated rings. The SMILES string of the molecule is c1ccc2ncc(-c3cc(-c4ccc(-c5ccc6ccc7cccc8ccc5c6c78)cc4)nc(-c4ccc(-c5ccc(-c6nc(-c7cnc8ccccc8c7)cc(-c7ccc8ccc9cccc%10ccc7c8c9%10)n6)cc5)cc4)n3)cc2c1. The van der Waals surface area contributed by atoms with Gasteiger partial charge in [-0.3, -0.25) is 9.97 Å². The first kappa shape index (κ1) is 45.9. The lowest BCUT2D eigenvalue weighted by atomic mass is 9.89. The zero-order valence-electron chi connectivity index (χ0n) is 44.1. The maximum absolute atomic E-state index is 5.36. The Morgan fingerprint density at radius 3 is 1.07 bits per heavy atom. The van der Waals surface area contributed by atoms with E-state index in [1.165, 1.54) is 64.8 Å². The van der Waals surface area contributed by atoms with Gasteiger partial charge in [-0.05, 0) is 123 Å². The summed E-state index contributed by atoms with van der Waals surface area (Å²) in [6.07, 6.45) is 3.84. The zero-order chi connectivity index (χ0) is 53.8. The summed E-state index contributed by atoms with van der Waals surface area (Å²) in [5.74, 6) is 1.28. The first-order chi connectivity index (χ1) is 40.6. The molecule has 0 radical (unpaired) electrons.